The molecule has 0 aliphatic carbocycles. The number of likely N-dealkylation sites (tertiary alicyclic amines) is 1. The Morgan fingerprint density at radius 3 is 2.50 bits per heavy atom. The van der Waals surface area contributed by atoms with Gasteiger partial charge >= 0.3 is 0 Å². The molecule has 2 fully saturated rings. The first-order chi connectivity index (χ1) is 9.56. The standard InChI is InChI=1S/C14H25N3O3/c1-12(18)11-15-7-9-17(10-8-15)14(20)4-6-16-5-2-3-13(16)19/h12,18H,2-11H2,1H3/t12-/m0/s1. The number of amides is 2. The lowest BCUT2D eigenvalue weighted by atomic mass is 10.2. The van der Waals surface area contributed by atoms with Crippen LogP contribution >= 0.6 is 0 Å². The number of hydrogen-bond acceptors (Lipinski definition) is 4. The third kappa shape index (κ3) is 4.18. The van der Waals surface area contributed by atoms with Gasteiger partial charge in [0.1, 0.15) is 0 Å². The number of rotatable bonds is 5. The number of hydrogen-bond donors (Lipinski definition) is 1. The summed E-state index contributed by atoms with van der Waals surface area (Å²) in [6.45, 7) is 6.90. The molecule has 114 valence electrons. The Bertz CT molecular complexity index is 352. The van der Waals surface area contributed by atoms with Crippen molar-refractivity contribution in [2.45, 2.75) is 32.3 Å². The molecule has 2 amide bonds. The molecule has 0 aromatic rings. The van der Waals surface area contributed by atoms with E-state index >= 15 is 0 Å². The maximum absolute atomic E-state index is 12.1. The minimum Gasteiger partial charge on any atom is -0.392 e. The first kappa shape index (κ1) is 15.3. The molecule has 2 aliphatic heterocycles. The van der Waals surface area contributed by atoms with E-state index in [1.54, 1.807) is 11.8 Å². The van der Waals surface area contributed by atoms with Crippen molar-refractivity contribution < 1.29 is 14.7 Å². The van der Waals surface area contributed by atoms with E-state index in [1.807, 2.05) is 4.90 Å². The molecule has 1 atom stereocenters. The maximum Gasteiger partial charge on any atom is 0.224 e. The van der Waals surface area contributed by atoms with Gasteiger partial charge in [0, 0.05) is 58.7 Å². The zero-order valence-electron chi connectivity index (χ0n) is 12.3. The van der Waals surface area contributed by atoms with Crippen LogP contribution in [0.25, 0.3) is 0 Å². The van der Waals surface area contributed by atoms with Gasteiger partial charge in [-0.25, -0.2) is 0 Å². The highest BCUT2D eigenvalue weighted by atomic mass is 16.3. The molecule has 2 rings (SSSR count). The number of nitrogens with zero attached hydrogens (tertiary/aromatic N) is 3. The van der Waals surface area contributed by atoms with Crippen molar-refractivity contribution >= 4 is 11.8 Å². The summed E-state index contributed by atoms with van der Waals surface area (Å²) in [4.78, 5) is 29.4. The summed E-state index contributed by atoms with van der Waals surface area (Å²) in [7, 11) is 0. The molecule has 0 aromatic carbocycles. The minimum absolute atomic E-state index is 0.140. The Hall–Kier alpha value is -1.14. The Labute approximate surface area is 120 Å². The topological polar surface area (TPSA) is 64.1 Å². The molecular formula is C14H25N3O3. The molecule has 20 heavy (non-hydrogen) atoms. The lowest BCUT2D eigenvalue weighted by molar-refractivity contribution is -0.134. The van der Waals surface area contributed by atoms with Crippen LogP contribution < -0.4 is 0 Å². The fourth-order valence-electron chi connectivity index (χ4n) is 2.88. The quantitative estimate of drug-likeness (QED) is 0.740. The Morgan fingerprint density at radius 2 is 1.95 bits per heavy atom. The van der Waals surface area contributed by atoms with Gasteiger partial charge in [-0.3, -0.25) is 14.5 Å². The fourth-order valence-corrected chi connectivity index (χ4v) is 2.88. The summed E-state index contributed by atoms with van der Waals surface area (Å²) in [6, 6.07) is 0. The summed E-state index contributed by atoms with van der Waals surface area (Å²) < 4.78 is 0. The van der Waals surface area contributed by atoms with Crippen molar-refractivity contribution in [3.05, 3.63) is 0 Å². The SMILES string of the molecule is C[C@H](O)CN1CCN(C(=O)CCN2CCCC2=O)CC1. The van der Waals surface area contributed by atoms with Crippen LogP contribution in [0.3, 0.4) is 0 Å². The fraction of sp³-hybridized carbons (Fsp3) is 0.857. The second-order valence-electron chi connectivity index (χ2n) is 5.76. The third-order valence-electron chi connectivity index (χ3n) is 4.01. The molecule has 1 N–H and O–H groups in total. The lowest BCUT2D eigenvalue weighted by Gasteiger charge is -2.35. The van der Waals surface area contributed by atoms with Crippen LogP contribution in [0.15, 0.2) is 0 Å². The molecular weight excluding hydrogens is 258 g/mol. The monoisotopic (exact) mass is 283 g/mol. The van der Waals surface area contributed by atoms with E-state index in [-0.39, 0.29) is 17.9 Å². The number of piperazine rings is 1. The average Bonchev–Trinajstić information content (AvgIpc) is 2.82. The van der Waals surface area contributed by atoms with Crippen molar-refractivity contribution in [1.82, 2.24) is 14.7 Å². The predicted octanol–water partition coefficient (Wildman–Crippen LogP) is -0.476. The molecule has 0 saturated carbocycles. The highest BCUT2D eigenvalue weighted by Gasteiger charge is 2.24. The maximum atomic E-state index is 12.1. The van der Waals surface area contributed by atoms with Gasteiger partial charge in [-0.2, -0.15) is 0 Å². The van der Waals surface area contributed by atoms with Crippen LogP contribution in [-0.4, -0.2) is 83.5 Å². The first-order valence-corrected chi connectivity index (χ1v) is 7.52. The Kier molecular flexibility index (Phi) is 5.37. The summed E-state index contributed by atoms with van der Waals surface area (Å²) in [6.07, 6.45) is 1.66. The van der Waals surface area contributed by atoms with Crippen molar-refractivity contribution in [3.8, 4) is 0 Å². The van der Waals surface area contributed by atoms with Crippen LogP contribution in [0.5, 0.6) is 0 Å². The van der Waals surface area contributed by atoms with Gasteiger partial charge in [0.2, 0.25) is 11.8 Å². The molecule has 0 unspecified atom stereocenters. The number of carbonyl (C=O) groups excluding carboxylic acids is 2. The molecule has 0 radical (unpaired) electrons. The van der Waals surface area contributed by atoms with E-state index in [1.165, 1.54) is 0 Å². The van der Waals surface area contributed by atoms with Crippen molar-refractivity contribution in [2.24, 2.45) is 0 Å². The van der Waals surface area contributed by atoms with Crippen molar-refractivity contribution in [1.29, 1.82) is 0 Å². The molecule has 2 heterocycles. The summed E-state index contributed by atoms with van der Waals surface area (Å²) >= 11 is 0. The minimum atomic E-state index is -0.321. The number of aliphatic hydroxyl groups is 1. The molecule has 2 aliphatic rings. The van der Waals surface area contributed by atoms with Gasteiger partial charge in [-0.05, 0) is 13.3 Å². The van der Waals surface area contributed by atoms with E-state index in [9.17, 15) is 14.7 Å². The average molecular weight is 283 g/mol. The van der Waals surface area contributed by atoms with Crippen molar-refractivity contribution in [2.75, 3.05) is 45.8 Å². The van der Waals surface area contributed by atoms with Crippen LogP contribution in [0.2, 0.25) is 0 Å². The summed E-state index contributed by atoms with van der Waals surface area (Å²) in [5, 5.41) is 9.35. The lowest BCUT2D eigenvalue weighted by Crippen LogP contribution is -2.50. The zero-order chi connectivity index (χ0) is 14.5. The van der Waals surface area contributed by atoms with Gasteiger partial charge in [-0.1, -0.05) is 0 Å². The highest BCUT2D eigenvalue weighted by Crippen LogP contribution is 2.11. The smallest absolute Gasteiger partial charge is 0.224 e. The molecule has 0 spiro atoms. The second kappa shape index (κ2) is 7.04. The van der Waals surface area contributed by atoms with E-state index in [4.69, 9.17) is 0 Å². The number of carbonyl (C=O) groups is 2. The number of β-amino-alcohol motifs (C(OH)–C–C–N with tert-alkyl or cyclic N) is 1. The van der Waals surface area contributed by atoms with Gasteiger partial charge in [0.05, 0.1) is 6.10 Å². The van der Waals surface area contributed by atoms with Crippen LogP contribution in [0.4, 0.5) is 0 Å². The number of aliphatic hydroxyl groups excluding tert-OH is 1. The Morgan fingerprint density at radius 1 is 1.25 bits per heavy atom. The summed E-state index contributed by atoms with van der Waals surface area (Å²) in [5.41, 5.74) is 0. The predicted molar refractivity (Wildman–Crippen MR) is 75.1 cm³/mol. The van der Waals surface area contributed by atoms with Crippen LogP contribution in [0, 0.1) is 0 Å². The molecule has 6 heteroatoms. The van der Waals surface area contributed by atoms with Gasteiger partial charge in [-0.15, -0.1) is 0 Å². The van der Waals surface area contributed by atoms with Crippen LogP contribution in [-0.2, 0) is 9.59 Å². The van der Waals surface area contributed by atoms with Gasteiger partial charge < -0.3 is 14.9 Å². The highest BCUT2D eigenvalue weighted by molar-refractivity contribution is 5.80. The summed E-state index contributed by atoms with van der Waals surface area (Å²) in [5.74, 6) is 0.320. The Balaban J connectivity index is 1.68. The second-order valence-corrected chi connectivity index (χ2v) is 5.76. The normalized spacial score (nSPS) is 22.4. The van der Waals surface area contributed by atoms with Gasteiger partial charge in [0.25, 0.3) is 0 Å². The molecule has 0 bridgehead atoms. The van der Waals surface area contributed by atoms with E-state index < -0.39 is 0 Å². The molecule has 2 saturated heterocycles. The van der Waals surface area contributed by atoms with Crippen LogP contribution in [0.1, 0.15) is 26.2 Å². The molecule has 0 aromatic heterocycles. The van der Waals surface area contributed by atoms with E-state index in [0.29, 0.717) is 25.9 Å². The molecule has 6 nitrogen and oxygen atoms in total. The third-order valence-corrected chi connectivity index (χ3v) is 4.01. The van der Waals surface area contributed by atoms with Gasteiger partial charge in [0.15, 0.2) is 0 Å². The van der Waals surface area contributed by atoms with E-state index in [0.717, 1.165) is 39.1 Å². The van der Waals surface area contributed by atoms with E-state index in [2.05, 4.69) is 4.90 Å². The first-order valence-electron chi connectivity index (χ1n) is 7.52. The zero-order valence-corrected chi connectivity index (χ0v) is 12.3. The largest absolute Gasteiger partial charge is 0.392 e. The van der Waals surface area contributed by atoms with Crippen molar-refractivity contribution in [3.63, 3.8) is 0 Å².